The zero-order valence-corrected chi connectivity index (χ0v) is 3.23. The van der Waals surface area contributed by atoms with Crippen LogP contribution in [0.25, 0.3) is 0 Å². The van der Waals surface area contributed by atoms with Crippen LogP contribution in [0.5, 0.6) is 0 Å². The molecule has 2 heteroatoms. The molecule has 0 aliphatic carbocycles. The van der Waals surface area contributed by atoms with Crippen LogP contribution < -0.4 is 5.32 Å². The van der Waals surface area contributed by atoms with Crippen molar-refractivity contribution >= 4 is 0 Å². The molecule has 0 saturated carbocycles. The van der Waals surface area contributed by atoms with Crippen LogP contribution in [-0.4, -0.2) is 11.3 Å². The molecule has 5 heavy (non-hydrogen) atoms. The number of aliphatic hydroxyl groups is 1. The second-order valence-corrected chi connectivity index (χ2v) is 0.880. The van der Waals surface area contributed by atoms with E-state index >= 15 is 0 Å². The van der Waals surface area contributed by atoms with E-state index in [1.165, 1.54) is 0 Å². The fraction of sp³-hybridized carbons (Fsp3) is 0.667. The first-order chi connectivity index (χ1) is 2.27. The zero-order valence-electron chi connectivity index (χ0n) is 3.23. The van der Waals surface area contributed by atoms with E-state index in [1.54, 1.807) is 6.92 Å². The Balaban J connectivity index is 2.54. The summed E-state index contributed by atoms with van der Waals surface area (Å²) in [5.74, 6) is 0. The predicted molar refractivity (Wildman–Crippen MR) is 20.2 cm³/mol. The van der Waals surface area contributed by atoms with Gasteiger partial charge in [0, 0.05) is 7.05 Å². The summed E-state index contributed by atoms with van der Waals surface area (Å²) in [6.45, 7) is 1.60. The molecule has 0 rings (SSSR count). The third kappa shape index (κ3) is 3.92. The monoisotopic (exact) mass is 74.1 g/mol. The third-order valence-electron chi connectivity index (χ3n) is 0.295. The Morgan fingerprint density at radius 1 is 2.00 bits per heavy atom. The Bertz CT molecular complexity index is 20.9. The highest BCUT2D eigenvalue weighted by molar-refractivity contribution is 4.35. The van der Waals surface area contributed by atoms with Crippen molar-refractivity contribution in [3.8, 4) is 0 Å². The first-order valence-corrected chi connectivity index (χ1v) is 1.48. The first kappa shape index (κ1) is 4.92. The predicted octanol–water partition coefficient (Wildman–Crippen LogP) is -0.294. The van der Waals surface area contributed by atoms with Gasteiger partial charge in [-0.25, -0.2) is 0 Å². The van der Waals surface area contributed by atoms with E-state index < -0.39 is 6.23 Å². The van der Waals surface area contributed by atoms with Gasteiger partial charge < -0.3 is 5.11 Å². The van der Waals surface area contributed by atoms with Gasteiger partial charge in [0.2, 0.25) is 0 Å². The van der Waals surface area contributed by atoms with Crippen LogP contribution in [0.3, 0.4) is 0 Å². The minimum atomic E-state index is -0.477. The van der Waals surface area contributed by atoms with Crippen LogP contribution in [0.15, 0.2) is 0 Å². The topological polar surface area (TPSA) is 32.3 Å². The number of aliphatic hydroxyl groups excluding tert-OH is 1. The summed E-state index contributed by atoms with van der Waals surface area (Å²) < 4.78 is 0. The molecule has 0 aromatic heterocycles. The second kappa shape index (κ2) is 2.18. The number of nitrogens with one attached hydrogen (secondary N) is 1. The quantitative estimate of drug-likeness (QED) is 0.419. The molecule has 1 radical (unpaired) electrons. The Hall–Kier alpha value is -0.0800. The van der Waals surface area contributed by atoms with Crippen molar-refractivity contribution in [2.75, 3.05) is 0 Å². The summed E-state index contributed by atoms with van der Waals surface area (Å²) in [7, 11) is 3.19. The fourth-order valence-electron chi connectivity index (χ4n) is 0. The maximum Gasteiger partial charge on any atom is 0.102 e. The van der Waals surface area contributed by atoms with Crippen molar-refractivity contribution in [1.82, 2.24) is 5.32 Å². The van der Waals surface area contributed by atoms with Gasteiger partial charge in [-0.3, -0.25) is 5.32 Å². The summed E-state index contributed by atoms with van der Waals surface area (Å²) in [6.07, 6.45) is -0.477. The average Bonchev–Trinajstić information content (AvgIpc) is 1.38. The molecule has 0 aromatic carbocycles. The molecule has 0 aromatic rings. The van der Waals surface area contributed by atoms with Crippen molar-refractivity contribution in [3.63, 3.8) is 0 Å². The fourth-order valence-corrected chi connectivity index (χ4v) is 0. The molecule has 0 amide bonds. The molecule has 0 fully saturated rings. The van der Waals surface area contributed by atoms with E-state index in [9.17, 15) is 0 Å². The van der Waals surface area contributed by atoms with Crippen molar-refractivity contribution in [3.05, 3.63) is 7.05 Å². The molecule has 1 unspecified atom stereocenters. The lowest BCUT2D eigenvalue weighted by Crippen LogP contribution is -2.16. The van der Waals surface area contributed by atoms with Crippen molar-refractivity contribution in [2.45, 2.75) is 13.2 Å². The minimum absolute atomic E-state index is 0.477. The van der Waals surface area contributed by atoms with Crippen LogP contribution in [0, 0.1) is 7.05 Å². The maximum absolute atomic E-state index is 8.19. The van der Waals surface area contributed by atoms with E-state index in [0.29, 0.717) is 0 Å². The lowest BCUT2D eigenvalue weighted by Gasteiger charge is -1.94. The van der Waals surface area contributed by atoms with Crippen LogP contribution >= 0.6 is 0 Å². The normalized spacial score (nSPS) is 15.0. The summed E-state index contributed by atoms with van der Waals surface area (Å²) in [6, 6.07) is 0. The van der Waals surface area contributed by atoms with Crippen LogP contribution in [0.2, 0.25) is 0 Å². The van der Waals surface area contributed by atoms with Crippen molar-refractivity contribution in [1.29, 1.82) is 0 Å². The van der Waals surface area contributed by atoms with Gasteiger partial charge in [0.25, 0.3) is 0 Å². The number of hydrogen-bond acceptors (Lipinski definition) is 2. The van der Waals surface area contributed by atoms with Gasteiger partial charge in [-0.1, -0.05) is 0 Å². The van der Waals surface area contributed by atoms with Gasteiger partial charge in [-0.15, -0.1) is 0 Å². The number of hydrogen-bond donors (Lipinski definition) is 2. The summed E-state index contributed by atoms with van der Waals surface area (Å²) in [5.41, 5.74) is 0. The molecule has 2 N–H and O–H groups in total. The van der Waals surface area contributed by atoms with Crippen LogP contribution in [0.1, 0.15) is 6.92 Å². The molecule has 2 nitrogen and oxygen atoms in total. The molecule has 0 saturated heterocycles. The molecule has 0 aliphatic rings. The lowest BCUT2D eigenvalue weighted by molar-refractivity contribution is 0.173. The number of rotatable bonds is 1. The molecule has 0 bridgehead atoms. The van der Waals surface area contributed by atoms with Gasteiger partial charge in [-0.05, 0) is 6.92 Å². The van der Waals surface area contributed by atoms with Crippen molar-refractivity contribution in [2.24, 2.45) is 0 Å². The second-order valence-electron chi connectivity index (χ2n) is 0.880. The zero-order chi connectivity index (χ0) is 4.28. The average molecular weight is 74.1 g/mol. The lowest BCUT2D eigenvalue weighted by atomic mass is 10.7. The Kier molecular flexibility index (Phi) is 2.14. The molecule has 31 valence electrons. The third-order valence-corrected chi connectivity index (χ3v) is 0.295. The molecule has 1 atom stereocenters. The highest BCUT2D eigenvalue weighted by atomic mass is 16.3. The van der Waals surface area contributed by atoms with Crippen LogP contribution in [-0.2, 0) is 0 Å². The minimum Gasteiger partial charge on any atom is -0.379 e. The van der Waals surface area contributed by atoms with E-state index in [2.05, 4.69) is 12.4 Å². The van der Waals surface area contributed by atoms with Gasteiger partial charge in [0.15, 0.2) is 0 Å². The van der Waals surface area contributed by atoms with E-state index in [-0.39, 0.29) is 0 Å². The van der Waals surface area contributed by atoms with Gasteiger partial charge >= 0.3 is 0 Å². The van der Waals surface area contributed by atoms with Gasteiger partial charge in [0.05, 0.1) is 0 Å². The molecular weight excluding hydrogens is 66.0 g/mol. The van der Waals surface area contributed by atoms with E-state index in [4.69, 9.17) is 5.11 Å². The highest BCUT2D eigenvalue weighted by Crippen LogP contribution is 1.61. The van der Waals surface area contributed by atoms with E-state index in [0.717, 1.165) is 0 Å². The largest absolute Gasteiger partial charge is 0.379 e. The van der Waals surface area contributed by atoms with E-state index in [1.807, 2.05) is 0 Å². The Morgan fingerprint density at radius 3 is 2.20 bits per heavy atom. The summed E-state index contributed by atoms with van der Waals surface area (Å²) >= 11 is 0. The Morgan fingerprint density at radius 2 is 2.20 bits per heavy atom. The first-order valence-electron chi connectivity index (χ1n) is 1.48. The smallest absolute Gasteiger partial charge is 0.102 e. The Labute approximate surface area is 31.8 Å². The molecular formula is C3H8NO. The standard InChI is InChI=1S/C3H8NO/c1-3(5)4-2/h3-5H,2H2,1H3. The van der Waals surface area contributed by atoms with Crippen molar-refractivity contribution < 1.29 is 5.11 Å². The maximum atomic E-state index is 8.19. The molecule has 0 spiro atoms. The molecule has 0 aliphatic heterocycles. The molecule has 0 heterocycles. The summed E-state index contributed by atoms with van der Waals surface area (Å²) in [5, 5.41) is 10.5. The highest BCUT2D eigenvalue weighted by Gasteiger charge is 1.78. The summed E-state index contributed by atoms with van der Waals surface area (Å²) in [4.78, 5) is 0. The van der Waals surface area contributed by atoms with Gasteiger partial charge in [0.1, 0.15) is 6.23 Å². The van der Waals surface area contributed by atoms with Crippen LogP contribution in [0.4, 0.5) is 0 Å². The SMILES string of the molecule is [CH2]NC(C)O. The van der Waals surface area contributed by atoms with Gasteiger partial charge in [-0.2, -0.15) is 0 Å².